The number of hydrogen-bond donors (Lipinski definition) is 0. The van der Waals surface area contributed by atoms with Gasteiger partial charge in [-0.2, -0.15) is 0 Å². The Morgan fingerprint density at radius 3 is 1.84 bits per heavy atom. The van der Waals surface area contributed by atoms with Crippen LogP contribution in [-0.4, -0.2) is 9.55 Å². The van der Waals surface area contributed by atoms with Crippen LogP contribution in [0.15, 0.2) is 24.5 Å². The molecule has 1 aromatic carbocycles. The summed E-state index contributed by atoms with van der Waals surface area (Å²) in [7, 11) is 0. The molecule has 0 spiro atoms. The van der Waals surface area contributed by atoms with Crippen LogP contribution in [0.5, 0.6) is 0 Å². The molecule has 1 heterocycles. The van der Waals surface area contributed by atoms with Crippen molar-refractivity contribution in [3.8, 4) is 5.69 Å². The average molecular weight is 256 g/mol. The van der Waals surface area contributed by atoms with Crippen molar-refractivity contribution in [2.45, 2.75) is 53.4 Å². The van der Waals surface area contributed by atoms with E-state index in [0.717, 1.165) is 5.69 Å². The van der Waals surface area contributed by atoms with Gasteiger partial charge in [0, 0.05) is 5.69 Å². The van der Waals surface area contributed by atoms with Gasteiger partial charge >= 0.3 is 0 Å². The van der Waals surface area contributed by atoms with Crippen LogP contribution in [0.3, 0.4) is 0 Å². The van der Waals surface area contributed by atoms with Gasteiger partial charge in [0.05, 0.1) is 17.7 Å². The fourth-order valence-electron chi connectivity index (χ4n) is 2.51. The summed E-state index contributed by atoms with van der Waals surface area (Å²) >= 11 is 0. The van der Waals surface area contributed by atoms with Crippen LogP contribution in [-0.2, 0) is 0 Å². The lowest BCUT2D eigenvalue weighted by molar-refractivity contribution is 0.799. The number of benzene rings is 1. The molecule has 19 heavy (non-hydrogen) atoms. The van der Waals surface area contributed by atoms with Crippen molar-refractivity contribution in [3.05, 3.63) is 47.0 Å². The third-order valence-electron chi connectivity index (χ3n) is 3.84. The Labute approximate surface area is 116 Å². The smallest absolute Gasteiger partial charge is 0.0997 e. The van der Waals surface area contributed by atoms with Crippen LogP contribution < -0.4 is 0 Å². The van der Waals surface area contributed by atoms with Gasteiger partial charge in [0.15, 0.2) is 0 Å². The summed E-state index contributed by atoms with van der Waals surface area (Å²) in [5.74, 6) is 1.02. The van der Waals surface area contributed by atoms with Gasteiger partial charge in [-0.3, -0.25) is 0 Å². The summed E-state index contributed by atoms with van der Waals surface area (Å²) in [5, 5.41) is 0. The van der Waals surface area contributed by atoms with Crippen molar-refractivity contribution in [3.63, 3.8) is 0 Å². The van der Waals surface area contributed by atoms with E-state index in [1.54, 1.807) is 0 Å². The van der Waals surface area contributed by atoms with Crippen LogP contribution in [0.25, 0.3) is 5.69 Å². The molecule has 2 nitrogen and oxygen atoms in total. The molecule has 2 aromatic rings. The first-order valence-electron chi connectivity index (χ1n) is 7.07. The minimum Gasteiger partial charge on any atom is -0.303 e. The molecule has 102 valence electrons. The predicted octanol–water partition coefficient (Wildman–Crippen LogP) is 4.74. The summed E-state index contributed by atoms with van der Waals surface area (Å²) in [6, 6.07) is 6.65. The summed E-state index contributed by atoms with van der Waals surface area (Å²) in [5.41, 5.74) is 6.45. The fourth-order valence-corrected chi connectivity index (χ4v) is 2.51. The lowest BCUT2D eigenvalue weighted by Crippen LogP contribution is -2.07. The lowest BCUT2D eigenvalue weighted by atomic mass is 9.92. The number of hydrogen-bond acceptors (Lipinski definition) is 1. The highest BCUT2D eigenvalue weighted by atomic mass is 15.1. The van der Waals surface area contributed by atoms with E-state index >= 15 is 0 Å². The Hall–Kier alpha value is -1.57. The molecule has 0 amide bonds. The molecular weight excluding hydrogens is 232 g/mol. The van der Waals surface area contributed by atoms with Crippen molar-refractivity contribution in [2.24, 2.45) is 0 Å². The zero-order valence-electron chi connectivity index (χ0n) is 12.9. The SMILES string of the molecule is Cc1ncn(-c2c(C(C)C)cccc2C(C)C)c1C. The molecule has 0 saturated carbocycles. The van der Waals surface area contributed by atoms with E-state index in [-0.39, 0.29) is 0 Å². The number of imidazole rings is 1. The van der Waals surface area contributed by atoms with Gasteiger partial charge in [0.25, 0.3) is 0 Å². The first-order valence-corrected chi connectivity index (χ1v) is 7.07. The van der Waals surface area contributed by atoms with Gasteiger partial charge in [0.2, 0.25) is 0 Å². The van der Waals surface area contributed by atoms with Crippen molar-refractivity contribution in [2.75, 3.05) is 0 Å². The highest BCUT2D eigenvalue weighted by Crippen LogP contribution is 2.32. The Bertz CT molecular complexity index is 551. The Morgan fingerprint density at radius 1 is 0.947 bits per heavy atom. The summed E-state index contributed by atoms with van der Waals surface area (Å²) in [6.45, 7) is 13.2. The third kappa shape index (κ3) is 2.44. The highest BCUT2D eigenvalue weighted by molar-refractivity contribution is 5.52. The zero-order chi connectivity index (χ0) is 14.2. The molecule has 0 aliphatic carbocycles. The van der Waals surface area contributed by atoms with Crippen LogP contribution in [0.2, 0.25) is 0 Å². The molecule has 0 aliphatic rings. The molecule has 0 N–H and O–H groups in total. The minimum atomic E-state index is 0.510. The molecule has 0 fully saturated rings. The van der Waals surface area contributed by atoms with E-state index in [9.17, 15) is 0 Å². The second kappa shape index (κ2) is 5.20. The summed E-state index contributed by atoms with van der Waals surface area (Å²) < 4.78 is 2.25. The van der Waals surface area contributed by atoms with Gasteiger partial charge in [-0.15, -0.1) is 0 Å². The van der Waals surface area contributed by atoms with E-state index in [2.05, 4.69) is 69.3 Å². The zero-order valence-corrected chi connectivity index (χ0v) is 12.9. The minimum absolute atomic E-state index is 0.510. The number of nitrogens with zero attached hydrogens (tertiary/aromatic N) is 2. The van der Waals surface area contributed by atoms with Crippen molar-refractivity contribution in [1.82, 2.24) is 9.55 Å². The van der Waals surface area contributed by atoms with Gasteiger partial charge < -0.3 is 4.57 Å². The monoisotopic (exact) mass is 256 g/mol. The van der Waals surface area contributed by atoms with Crippen LogP contribution in [0.4, 0.5) is 0 Å². The van der Waals surface area contributed by atoms with E-state index in [4.69, 9.17) is 0 Å². The van der Waals surface area contributed by atoms with Gasteiger partial charge in [-0.1, -0.05) is 45.9 Å². The second-order valence-electron chi connectivity index (χ2n) is 5.88. The van der Waals surface area contributed by atoms with E-state index in [1.165, 1.54) is 22.5 Å². The fraction of sp³-hybridized carbons (Fsp3) is 0.471. The van der Waals surface area contributed by atoms with Crippen molar-refractivity contribution >= 4 is 0 Å². The maximum Gasteiger partial charge on any atom is 0.0997 e. The quantitative estimate of drug-likeness (QED) is 0.776. The van der Waals surface area contributed by atoms with E-state index in [1.807, 2.05) is 6.33 Å². The molecule has 0 radical (unpaired) electrons. The molecule has 2 heteroatoms. The third-order valence-corrected chi connectivity index (χ3v) is 3.84. The molecule has 0 aliphatic heterocycles. The predicted molar refractivity (Wildman–Crippen MR) is 81.2 cm³/mol. The second-order valence-corrected chi connectivity index (χ2v) is 5.88. The molecule has 0 saturated heterocycles. The van der Waals surface area contributed by atoms with E-state index in [0.29, 0.717) is 11.8 Å². The molecular formula is C17H24N2. The molecule has 0 unspecified atom stereocenters. The number of para-hydroxylation sites is 1. The van der Waals surface area contributed by atoms with Crippen LogP contribution in [0, 0.1) is 13.8 Å². The highest BCUT2D eigenvalue weighted by Gasteiger charge is 2.17. The van der Waals surface area contributed by atoms with Crippen molar-refractivity contribution in [1.29, 1.82) is 0 Å². The standard InChI is InChI=1S/C17H24N2/c1-11(2)15-8-7-9-16(12(3)4)17(15)19-10-18-13(5)14(19)6/h7-12H,1-6H3. The molecule has 0 atom stereocenters. The topological polar surface area (TPSA) is 17.8 Å². The maximum absolute atomic E-state index is 4.46. The number of aryl methyl sites for hydroxylation is 1. The molecule has 1 aromatic heterocycles. The van der Waals surface area contributed by atoms with Gasteiger partial charge in [-0.05, 0) is 36.8 Å². The molecule has 2 rings (SSSR count). The number of rotatable bonds is 3. The molecule has 0 bridgehead atoms. The van der Waals surface area contributed by atoms with Gasteiger partial charge in [-0.25, -0.2) is 4.98 Å². The Balaban J connectivity index is 2.75. The largest absolute Gasteiger partial charge is 0.303 e. The van der Waals surface area contributed by atoms with Gasteiger partial charge in [0.1, 0.15) is 0 Å². The first-order chi connectivity index (χ1) is 8.93. The summed E-state index contributed by atoms with van der Waals surface area (Å²) in [4.78, 5) is 4.46. The van der Waals surface area contributed by atoms with E-state index < -0.39 is 0 Å². The Morgan fingerprint density at radius 2 is 1.47 bits per heavy atom. The van der Waals surface area contributed by atoms with Crippen LogP contribution >= 0.6 is 0 Å². The van der Waals surface area contributed by atoms with Crippen molar-refractivity contribution < 1.29 is 0 Å². The number of aromatic nitrogens is 2. The van der Waals surface area contributed by atoms with Crippen LogP contribution in [0.1, 0.15) is 62.0 Å². The Kier molecular flexibility index (Phi) is 3.79. The normalized spacial score (nSPS) is 11.6. The average Bonchev–Trinajstić information content (AvgIpc) is 2.68. The maximum atomic E-state index is 4.46. The first kappa shape index (κ1) is 13.9. The summed E-state index contributed by atoms with van der Waals surface area (Å²) in [6.07, 6.45) is 1.96. The lowest BCUT2D eigenvalue weighted by Gasteiger charge is -2.21.